The van der Waals surface area contributed by atoms with Crippen LogP contribution in [-0.4, -0.2) is 30.0 Å². The van der Waals surface area contributed by atoms with Crippen LogP contribution in [0, 0.1) is 4.91 Å². The number of piperidine rings is 1. The van der Waals surface area contributed by atoms with Gasteiger partial charge < -0.3 is 0 Å². The van der Waals surface area contributed by atoms with Crippen molar-refractivity contribution in [2.75, 3.05) is 13.1 Å². The zero-order valence-corrected chi connectivity index (χ0v) is 9.35. The maximum absolute atomic E-state index is 13.5. The normalized spacial score (nSPS) is 24.5. The Morgan fingerprint density at radius 1 is 1.35 bits per heavy atom. The Morgan fingerprint density at radius 3 is 2.65 bits per heavy atom. The molecule has 0 N–H and O–H groups in total. The molecule has 2 rings (SSSR count). The van der Waals surface area contributed by atoms with Crippen LogP contribution in [0.25, 0.3) is 0 Å². The quantitative estimate of drug-likeness (QED) is 0.761. The van der Waals surface area contributed by atoms with Gasteiger partial charge in [-0.1, -0.05) is 35.5 Å². The van der Waals surface area contributed by atoms with Gasteiger partial charge in [0.15, 0.2) is 6.04 Å². The molecule has 17 heavy (non-hydrogen) atoms. The number of hydrogen-bond donors (Lipinski definition) is 0. The van der Waals surface area contributed by atoms with E-state index in [1.807, 2.05) is 30.3 Å². The zero-order chi connectivity index (χ0) is 12.3. The third-order valence-electron chi connectivity index (χ3n) is 3.02. The fraction of sp³-hybridized carbons (Fsp3) is 0.500. The van der Waals surface area contributed by atoms with Gasteiger partial charge in [0.25, 0.3) is 5.92 Å². The van der Waals surface area contributed by atoms with Gasteiger partial charge in [-0.15, -0.1) is 0 Å². The van der Waals surface area contributed by atoms with E-state index in [1.54, 1.807) is 4.90 Å². The Labute approximate surface area is 98.4 Å². The van der Waals surface area contributed by atoms with Crippen molar-refractivity contribution in [1.82, 2.24) is 4.90 Å². The number of hydrogen-bond acceptors (Lipinski definition) is 3. The van der Waals surface area contributed by atoms with Crippen LogP contribution in [0.3, 0.4) is 0 Å². The molecule has 5 heteroatoms. The minimum Gasteiger partial charge on any atom is -0.293 e. The van der Waals surface area contributed by atoms with Gasteiger partial charge >= 0.3 is 0 Å². The molecule has 1 fully saturated rings. The summed E-state index contributed by atoms with van der Waals surface area (Å²) in [4.78, 5) is 12.0. The highest BCUT2D eigenvalue weighted by molar-refractivity contribution is 5.14. The molecule has 1 saturated heterocycles. The first kappa shape index (κ1) is 12.1. The van der Waals surface area contributed by atoms with E-state index >= 15 is 0 Å². The van der Waals surface area contributed by atoms with Crippen LogP contribution in [0.15, 0.2) is 35.5 Å². The van der Waals surface area contributed by atoms with Crippen LogP contribution < -0.4 is 0 Å². The van der Waals surface area contributed by atoms with E-state index in [2.05, 4.69) is 5.18 Å². The molecule has 1 aromatic rings. The summed E-state index contributed by atoms with van der Waals surface area (Å²) in [5, 5.41) is 2.52. The highest BCUT2D eigenvalue weighted by Gasteiger charge is 2.45. The van der Waals surface area contributed by atoms with Crippen LogP contribution in [0.5, 0.6) is 0 Å². The summed E-state index contributed by atoms with van der Waals surface area (Å²) < 4.78 is 27.0. The largest absolute Gasteiger partial charge is 0.293 e. The van der Waals surface area contributed by atoms with Crippen molar-refractivity contribution in [3.05, 3.63) is 40.8 Å². The van der Waals surface area contributed by atoms with Crippen molar-refractivity contribution in [1.29, 1.82) is 0 Å². The smallest absolute Gasteiger partial charge is 0.285 e. The number of rotatable bonds is 3. The Kier molecular flexibility index (Phi) is 3.47. The number of nitrogens with zero attached hydrogens (tertiary/aromatic N) is 2. The first-order chi connectivity index (χ1) is 8.12. The number of benzene rings is 1. The van der Waals surface area contributed by atoms with Crippen molar-refractivity contribution >= 4 is 0 Å². The standard InChI is InChI=1S/C12H14F2N2O/c13-12(14)9-16(7-6-11(12)15-17)8-10-4-2-1-3-5-10/h1-5,11H,6-9H2. The van der Waals surface area contributed by atoms with Crippen LogP contribution in [0.2, 0.25) is 0 Å². The van der Waals surface area contributed by atoms with Gasteiger partial charge in [-0.25, -0.2) is 8.78 Å². The molecule has 0 aliphatic carbocycles. The molecular formula is C12H14F2N2O. The molecule has 0 saturated carbocycles. The number of likely N-dealkylation sites (tertiary alicyclic amines) is 1. The van der Waals surface area contributed by atoms with E-state index in [4.69, 9.17) is 0 Å². The van der Waals surface area contributed by atoms with Gasteiger partial charge in [0.2, 0.25) is 0 Å². The maximum Gasteiger partial charge on any atom is 0.285 e. The van der Waals surface area contributed by atoms with Crippen molar-refractivity contribution in [3.8, 4) is 0 Å². The number of nitroso groups, excluding NO2 is 1. The molecule has 1 heterocycles. The summed E-state index contributed by atoms with van der Waals surface area (Å²) in [5.41, 5.74) is 1.00. The summed E-state index contributed by atoms with van der Waals surface area (Å²) >= 11 is 0. The average molecular weight is 240 g/mol. The van der Waals surface area contributed by atoms with Crippen molar-refractivity contribution in [3.63, 3.8) is 0 Å². The average Bonchev–Trinajstić information content (AvgIpc) is 2.29. The van der Waals surface area contributed by atoms with E-state index in [-0.39, 0.29) is 6.42 Å². The molecule has 0 bridgehead atoms. The molecule has 0 radical (unpaired) electrons. The van der Waals surface area contributed by atoms with E-state index in [0.717, 1.165) is 5.56 Å². The highest BCUT2D eigenvalue weighted by Crippen LogP contribution is 2.30. The second-order valence-corrected chi connectivity index (χ2v) is 4.37. The Morgan fingerprint density at radius 2 is 2.06 bits per heavy atom. The van der Waals surface area contributed by atoms with Gasteiger partial charge in [0.05, 0.1) is 6.54 Å². The molecule has 0 amide bonds. The van der Waals surface area contributed by atoms with E-state index in [0.29, 0.717) is 13.1 Å². The minimum absolute atomic E-state index is 0.128. The highest BCUT2D eigenvalue weighted by atomic mass is 19.3. The Balaban J connectivity index is 1.99. The van der Waals surface area contributed by atoms with Gasteiger partial charge in [-0.3, -0.25) is 4.90 Å². The summed E-state index contributed by atoms with van der Waals surface area (Å²) in [6.45, 7) is 0.585. The lowest BCUT2D eigenvalue weighted by atomic mass is 10.0. The fourth-order valence-corrected chi connectivity index (χ4v) is 2.10. The molecule has 1 aliphatic rings. The number of alkyl halides is 2. The lowest BCUT2D eigenvalue weighted by Crippen LogP contribution is -2.50. The predicted molar refractivity (Wildman–Crippen MR) is 60.9 cm³/mol. The molecule has 92 valence electrons. The monoisotopic (exact) mass is 240 g/mol. The zero-order valence-electron chi connectivity index (χ0n) is 9.35. The van der Waals surface area contributed by atoms with E-state index < -0.39 is 18.5 Å². The molecule has 1 unspecified atom stereocenters. The van der Waals surface area contributed by atoms with Gasteiger partial charge in [-0.05, 0) is 12.0 Å². The maximum atomic E-state index is 13.5. The molecule has 1 atom stereocenters. The van der Waals surface area contributed by atoms with Crippen molar-refractivity contribution < 1.29 is 8.78 Å². The van der Waals surface area contributed by atoms with E-state index in [9.17, 15) is 13.7 Å². The van der Waals surface area contributed by atoms with Crippen molar-refractivity contribution in [2.45, 2.75) is 24.9 Å². The molecule has 0 aromatic heterocycles. The molecule has 3 nitrogen and oxygen atoms in total. The first-order valence-corrected chi connectivity index (χ1v) is 5.58. The molecule has 1 aromatic carbocycles. The van der Waals surface area contributed by atoms with Gasteiger partial charge in [0.1, 0.15) is 0 Å². The van der Waals surface area contributed by atoms with Crippen LogP contribution in [0.4, 0.5) is 8.78 Å². The number of halogens is 2. The van der Waals surface area contributed by atoms with Crippen LogP contribution >= 0.6 is 0 Å². The van der Waals surface area contributed by atoms with Crippen LogP contribution in [-0.2, 0) is 6.54 Å². The third-order valence-corrected chi connectivity index (χ3v) is 3.02. The van der Waals surface area contributed by atoms with Gasteiger partial charge in [0, 0.05) is 13.1 Å². The minimum atomic E-state index is -3.01. The summed E-state index contributed by atoms with van der Waals surface area (Å²) in [6, 6.07) is 8.10. The van der Waals surface area contributed by atoms with Crippen molar-refractivity contribution in [2.24, 2.45) is 5.18 Å². The van der Waals surface area contributed by atoms with Crippen LogP contribution in [0.1, 0.15) is 12.0 Å². The SMILES string of the molecule is O=NC1CCN(Cc2ccccc2)CC1(F)F. The summed E-state index contributed by atoms with van der Waals surface area (Å²) in [7, 11) is 0. The fourth-order valence-electron chi connectivity index (χ4n) is 2.10. The summed E-state index contributed by atoms with van der Waals surface area (Å²) in [5.74, 6) is -3.01. The second kappa shape index (κ2) is 4.87. The molecule has 0 spiro atoms. The lowest BCUT2D eigenvalue weighted by molar-refractivity contribution is -0.0813. The third kappa shape index (κ3) is 2.85. The second-order valence-electron chi connectivity index (χ2n) is 4.37. The Hall–Kier alpha value is -1.36. The van der Waals surface area contributed by atoms with E-state index in [1.165, 1.54) is 0 Å². The first-order valence-electron chi connectivity index (χ1n) is 5.58. The summed E-state index contributed by atoms with van der Waals surface area (Å²) in [6.07, 6.45) is 0.128. The molecular weight excluding hydrogens is 226 g/mol. The predicted octanol–water partition coefficient (Wildman–Crippen LogP) is 2.66. The topological polar surface area (TPSA) is 32.7 Å². The lowest BCUT2D eigenvalue weighted by Gasteiger charge is -2.35. The van der Waals surface area contributed by atoms with Gasteiger partial charge in [-0.2, -0.15) is 4.91 Å². The molecule has 1 aliphatic heterocycles. The Bertz CT molecular complexity index is 383.